The van der Waals surface area contributed by atoms with Gasteiger partial charge in [0.05, 0.1) is 10.1 Å². The van der Waals surface area contributed by atoms with Gasteiger partial charge in [0, 0.05) is 10.2 Å². The van der Waals surface area contributed by atoms with Crippen LogP contribution in [-0.4, -0.2) is 12.2 Å². The molecule has 1 rings (SSSR count). The van der Waals surface area contributed by atoms with Crippen LogP contribution in [0.2, 0.25) is 5.02 Å². The van der Waals surface area contributed by atoms with Crippen LogP contribution in [0.25, 0.3) is 0 Å². The Morgan fingerprint density at radius 3 is 2.72 bits per heavy atom. The maximum absolute atomic E-state index is 11.1. The summed E-state index contributed by atoms with van der Waals surface area (Å²) in [5, 5.41) is 12.8. The monoisotopic (exact) mass is 345 g/mol. The van der Waals surface area contributed by atoms with Crippen molar-refractivity contribution in [2.24, 2.45) is 5.73 Å². The number of nitrogens with zero attached hydrogens (tertiary/aromatic N) is 1. The Bertz CT molecular complexity index is 554. The Hall–Kier alpha value is -1.16. The summed E-state index contributed by atoms with van der Waals surface area (Å²) in [5.41, 5.74) is 5.72. The first-order chi connectivity index (χ1) is 8.49. The molecular weight excluding hydrogens is 338 g/mol. The highest BCUT2D eigenvalue weighted by Crippen LogP contribution is 2.28. The zero-order valence-corrected chi connectivity index (χ0v) is 12.5. The number of hydrogen-bond acceptors (Lipinski definition) is 4. The topological polar surface area (TPSA) is 78.9 Å². The minimum atomic E-state index is -0.762. The molecule has 0 unspecified atom stereocenters. The van der Waals surface area contributed by atoms with Gasteiger partial charge in [-0.05, 0) is 40.4 Å². The van der Waals surface area contributed by atoms with Gasteiger partial charge in [-0.3, -0.25) is 4.79 Å². The SMILES string of the molecule is CS/C(Nc1ccc(Cl)c(Br)c1)=C(/C#N)C(N)=O. The number of carbonyl (C=O) groups is 1. The van der Waals surface area contributed by atoms with E-state index in [9.17, 15) is 4.79 Å². The molecule has 0 heterocycles. The van der Waals surface area contributed by atoms with E-state index in [2.05, 4.69) is 21.2 Å². The number of amides is 1. The van der Waals surface area contributed by atoms with Crippen molar-refractivity contribution in [2.75, 3.05) is 11.6 Å². The quantitative estimate of drug-likeness (QED) is 0.648. The fourth-order valence-electron chi connectivity index (χ4n) is 1.14. The summed E-state index contributed by atoms with van der Waals surface area (Å²) in [7, 11) is 0. The van der Waals surface area contributed by atoms with Crippen molar-refractivity contribution in [3.63, 3.8) is 0 Å². The Morgan fingerprint density at radius 1 is 1.61 bits per heavy atom. The molecule has 3 N–H and O–H groups in total. The minimum absolute atomic E-state index is 0.103. The van der Waals surface area contributed by atoms with Gasteiger partial charge in [-0.25, -0.2) is 0 Å². The number of thioether (sulfide) groups is 1. The molecule has 0 fully saturated rings. The molecule has 1 amide bonds. The summed E-state index contributed by atoms with van der Waals surface area (Å²) in [6.45, 7) is 0. The van der Waals surface area contributed by atoms with Crippen LogP contribution >= 0.6 is 39.3 Å². The van der Waals surface area contributed by atoms with Gasteiger partial charge in [0.2, 0.25) is 0 Å². The minimum Gasteiger partial charge on any atom is -0.365 e. The summed E-state index contributed by atoms with van der Waals surface area (Å²) < 4.78 is 0.715. The number of rotatable bonds is 4. The Balaban J connectivity index is 3.10. The Kier molecular flexibility index (Phi) is 5.54. The van der Waals surface area contributed by atoms with Gasteiger partial charge in [0.1, 0.15) is 11.6 Å². The number of nitrogens with one attached hydrogen (secondary N) is 1. The van der Waals surface area contributed by atoms with E-state index in [4.69, 9.17) is 22.6 Å². The normalized spacial score (nSPS) is 11.4. The maximum Gasteiger partial charge on any atom is 0.262 e. The van der Waals surface area contributed by atoms with Crippen molar-refractivity contribution in [3.05, 3.63) is 38.3 Å². The average Bonchev–Trinajstić information content (AvgIpc) is 2.33. The van der Waals surface area contributed by atoms with Crippen LogP contribution in [0.5, 0.6) is 0 Å². The van der Waals surface area contributed by atoms with Gasteiger partial charge < -0.3 is 11.1 Å². The summed E-state index contributed by atoms with van der Waals surface area (Å²) in [6.07, 6.45) is 1.74. The number of nitrogens with two attached hydrogens (primary N) is 1. The van der Waals surface area contributed by atoms with Gasteiger partial charge in [-0.2, -0.15) is 5.26 Å². The second-order valence-corrected chi connectivity index (χ2v) is 5.22. The molecule has 7 heteroatoms. The van der Waals surface area contributed by atoms with Crippen molar-refractivity contribution >= 4 is 50.9 Å². The molecule has 0 aliphatic heterocycles. The summed E-state index contributed by atoms with van der Waals surface area (Å²) in [6, 6.07) is 6.96. The van der Waals surface area contributed by atoms with Gasteiger partial charge in [-0.1, -0.05) is 11.6 Å². The number of hydrogen-bond donors (Lipinski definition) is 2. The van der Waals surface area contributed by atoms with Gasteiger partial charge in [0.15, 0.2) is 0 Å². The van der Waals surface area contributed by atoms with Crippen LogP contribution in [0, 0.1) is 11.3 Å². The summed E-state index contributed by atoms with van der Waals surface area (Å²) in [4.78, 5) is 11.1. The Labute approximate surface area is 122 Å². The lowest BCUT2D eigenvalue weighted by Crippen LogP contribution is -2.16. The first kappa shape index (κ1) is 14.9. The molecular formula is C11H9BrClN3OS. The molecule has 0 aliphatic carbocycles. The summed E-state index contributed by atoms with van der Waals surface area (Å²) in [5.74, 6) is -0.762. The standard InChI is InChI=1S/C11H9BrClN3OS/c1-18-11(7(5-14)10(15)17)16-6-2-3-9(13)8(12)4-6/h2-4,16H,1H3,(H2,15,17)/b11-7-. The van der Waals surface area contributed by atoms with Crippen molar-refractivity contribution in [3.8, 4) is 6.07 Å². The van der Waals surface area contributed by atoms with Crippen LogP contribution in [0.4, 0.5) is 5.69 Å². The van der Waals surface area contributed by atoms with E-state index < -0.39 is 5.91 Å². The molecule has 0 saturated carbocycles. The molecule has 0 atom stereocenters. The van der Waals surface area contributed by atoms with Crippen LogP contribution < -0.4 is 11.1 Å². The van der Waals surface area contributed by atoms with Crippen LogP contribution in [0.3, 0.4) is 0 Å². The van der Waals surface area contributed by atoms with E-state index in [1.807, 2.05) is 0 Å². The number of primary amides is 1. The highest BCUT2D eigenvalue weighted by Gasteiger charge is 2.12. The molecule has 1 aromatic carbocycles. The lowest BCUT2D eigenvalue weighted by atomic mass is 10.3. The molecule has 18 heavy (non-hydrogen) atoms. The first-order valence-corrected chi connectivity index (χ1v) is 7.09. The van der Waals surface area contributed by atoms with Gasteiger partial charge >= 0.3 is 0 Å². The third-order valence-corrected chi connectivity index (χ3v) is 3.90. The number of benzene rings is 1. The summed E-state index contributed by atoms with van der Waals surface area (Å²) >= 11 is 10.4. The average molecular weight is 347 g/mol. The second kappa shape index (κ2) is 6.69. The zero-order chi connectivity index (χ0) is 13.7. The van der Waals surface area contributed by atoms with Gasteiger partial charge in [0.25, 0.3) is 5.91 Å². The lowest BCUT2D eigenvalue weighted by molar-refractivity contribution is -0.114. The predicted octanol–water partition coefficient (Wildman–Crippen LogP) is 3.10. The van der Waals surface area contributed by atoms with Crippen molar-refractivity contribution < 1.29 is 4.79 Å². The molecule has 0 spiro atoms. The third-order valence-electron chi connectivity index (χ3n) is 1.97. The molecule has 94 valence electrons. The largest absolute Gasteiger partial charge is 0.365 e. The second-order valence-electron chi connectivity index (χ2n) is 3.14. The fourth-order valence-corrected chi connectivity index (χ4v) is 2.20. The fraction of sp³-hybridized carbons (Fsp3) is 0.0909. The van der Waals surface area contributed by atoms with E-state index in [-0.39, 0.29) is 5.57 Å². The van der Waals surface area contributed by atoms with E-state index in [1.165, 1.54) is 11.8 Å². The molecule has 0 saturated heterocycles. The van der Waals surface area contributed by atoms with Crippen LogP contribution in [-0.2, 0) is 4.79 Å². The van der Waals surface area contributed by atoms with E-state index in [0.717, 1.165) is 0 Å². The number of halogens is 2. The highest BCUT2D eigenvalue weighted by atomic mass is 79.9. The number of anilines is 1. The van der Waals surface area contributed by atoms with Crippen molar-refractivity contribution in [1.82, 2.24) is 0 Å². The first-order valence-electron chi connectivity index (χ1n) is 4.69. The molecule has 0 aliphatic rings. The number of nitriles is 1. The molecule has 0 aromatic heterocycles. The Morgan fingerprint density at radius 2 is 2.28 bits per heavy atom. The third kappa shape index (κ3) is 3.67. The smallest absolute Gasteiger partial charge is 0.262 e. The van der Waals surface area contributed by atoms with E-state index >= 15 is 0 Å². The van der Waals surface area contributed by atoms with E-state index in [0.29, 0.717) is 20.2 Å². The molecule has 1 aromatic rings. The van der Waals surface area contributed by atoms with Gasteiger partial charge in [-0.15, -0.1) is 11.8 Å². The molecule has 0 bridgehead atoms. The predicted molar refractivity (Wildman–Crippen MR) is 78.1 cm³/mol. The number of carbonyl (C=O) groups excluding carboxylic acids is 1. The zero-order valence-electron chi connectivity index (χ0n) is 9.33. The van der Waals surface area contributed by atoms with Crippen LogP contribution in [0.1, 0.15) is 0 Å². The highest BCUT2D eigenvalue weighted by molar-refractivity contribution is 9.10. The van der Waals surface area contributed by atoms with E-state index in [1.54, 1.807) is 30.5 Å². The molecule has 0 radical (unpaired) electrons. The van der Waals surface area contributed by atoms with Crippen molar-refractivity contribution in [1.29, 1.82) is 5.26 Å². The molecule has 4 nitrogen and oxygen atoms in total. The van der Waals surface area contributed by atoms with Crippen molar-refractivity contribution in [2.45, 2.75) is 0 Å². The maximum atomic E-state index is 11.1. The van der Waals surface area contributed by atoms with Crippen LogP contribution in [0.15, 0.2) is 33.3 Å². The lowest BCUT2D eigenvalue weighted by Gasteiger charge is -2.10.